The van der Waals surface area contributed by atoms with Crippen LogP contribution in [0.5, 0.6) is 0 Å². The Morgan fingerprint density at radius 2 is 2.05 bits per heavy atom. The molecular weight excluding hydrogens is 324 g/mol. The number of nitro benzene ring substituents is 1. The van der Waals surface area contributed by atoms with Crippen LogP contribution in [0.15, 0.2) is 40.6 Å². The molecule has 0 amide bonds. The standard InChI is InChI=1S/C14H16N2O4S2/c1-3-15(10-12-5-4-8-21-12)22(19,20)13-7-6-11(2)14(9-13)16(17)18/h4-9H,3,10H2,1-2H3. The van der Waals surface area contributed by atoms with E-state index in [0.717, 1.165) is 10.9 Å². The monoisotopic (exact) mass is 340 g/mol. The van der Waals surface area contributed by atoms with Crippen LogP contribution in [0.3, 0.4) is 0 Å². The Kier molecular flexibility index (Phi) is 4.94. The molecule has 1 aromatic carbocycles. The Morgan fingerprint density at radius 3 is 2.59 bits per heavy atom. The van der Waals surface area contributed by atoms with Gasteiger partial charge in [0, 0.05) is 29.6 Å². The first-order valence-electron chi connectivity index (χ1n) is 6.64. The lowest BCUT2D eigenvalue weighted by molar-refractivity contribution is -0.385. The molecule has 22 heavy (non-hydrogen) atoms. The van der Waals surface area contributed by atoms with Crippen LogP contribution in [-0.4, -0.2) is 24.2 Å². The van der Waals surface area contributed by atoms with Crippen molar-refractivity contribution in [1.82, 2.24) is 4.31 Å². The lowest BCUT2D eigenvalue weighted by Gasteiger charge is -2.19. The first kappa shape index (κ1) is 16.6. The third-order valence-corrected chi connectivity index (χ3v) is 6.06. The van der Waals surface area contributed by atoms with Crippen LogP contribution >= 0.6 is 11.3 Å². The number of rotatable bonds is 6. The van der Waals surface area contributed by atoms with E-state index in [1.807, 2.05) is 17.5 Å². The summed E-state index contributed by atoms with van der Waals surface area (Å²) in [7, 11) is -3.76. The van der Waals surface area contributed by atoms with Crippen molar-refractivity contribution in [3.8, 4) is 0 Å². The van der Waals surface area contributed by atoms with E-state index in [9.17, 15) is 18.5 Å². The van der Waals surface area contributed by atoms with Crippen molar-refractivity contribution >= 4 is 27.0 Å². The predicted molar refractivity (Wildman–Crippen MR) is 85.4 cm³/mol. The number of hydrogen-bond donors (Lipinski definition) is 0. The molecular formula is C14H16N2O4S2. The van der Waals surface area contributed by atoms with Gasteiger partial charge in [0.05, 0.1) is 9.82 Å². The van der Waals surface area contributed by atoms with E-state index in [4.69, 9.17) is 0 Å². The molecule has 2 rings (SSSR count). The molecule has 0 N–H and O–H groups in total. The van der Waals surface area contributed by atoms with Gasteiger partial charge in [0.2, 0.25) is 10.0 Å². The van der Waals surface area contributed by atoms with Gasteiger partial charge in [-0.25, -0.2) is 8.42 Å². The molecule has 0 aliphatic heterocycles. The quantitative estimate of drug-likeness (QED) is 0.597. The van der Waals surface area contributed by atoms with Crippen LogP contribution in [0.25, 0.3) is 0 Å². The van der Waals surface area contributed by atoms with E-state index in [-0.39, 0.29) is 17.1 Å². The molecule has 0 fully saturated rings. The Hall–Kier alpha value is -1.77. The molecule has 1 aromatic heterocycles. The van der Waals surface area contributed by atoms with E-state index >= 15 is 0 Å². The van der Waals surface area contributed by atoms with Gasteiger partial charge in [0.25, 0.3) is 5.69 Å². The van der Waals surface area contributed by atoms with Gasteiger partial charge < -0.3 is 0 Å². The summed E-state index contributed by atoms with van der Waals surface area (Å²) in [5.74, 6) is 0. The lowest BCUT2D eigenvalue weighted by Crippen LogP contribution is -2.30. The molecule has 8 heteroatoms. The van der Waals surface area contributed by atoms with E-state index in [1.165, 1.54) is 27.8 Å². The van der Waals surface area contributed by atoms with Gasteiger partial charge in [-0.2, -0.15) is 4.31 Å². The van der Waals surface area contributed by atoms with Crippen LogP contribution in [0.1, 0.15) is 17.4 Å². The third kappa shape index (κ3) is 3.34. The summed E-state index contributed by atoms with van der Waals surface area (Å²) in [6.07, 6.45) is 0. The zero-order valence-electron chi connectivity index (χ0n) is 12.2. The summed E-state index contributed by atoms with van der Waals surface area (Å²) in [5.41, 5.74) is 0.249. The van der Waals surface area contributed by atoms with Crippen molar-refractivity contribution in [2.45, 2.75) is 25.3 Å². The molecule has 1 heterocycles. The van der Waals surface area contributed by atoms with Crippen molar-refractivity contribution in [2.75, 3.05) is 6.54 Å². The molecule has 0 radical (unpaired) electrons. The van der Waals surface area contributed by atoms with Crippen LogP contribution in [0.4, 0.5) is 5.69 Å². The van der Waals surface area contributed by atoms with Gasteiger partial charge in [-0.15, -0.1) is 11.3 Å². The molecule has 0 aliphatic carbocycles. The first-order chi connectivity index (χ1) is 10.4. The zero-order valence-corrected chi connectivity index (χ0v) is 13.9. The highest BCUT2D eigenvalue weighted by Crippen LogP contribution is 2.26. The average molecular weight is 340 g/mol. The van der Waals surface area contributed by atoms with E-state index < -0.39 is 14.9 Å². The highest BCUT2D eigenvalue weighted by molar-refractivity contribution is 7.89. The van der Waals surface area contributed by atoms with Crippen molar-refractivity contribution in [3.05, 3.63) is 56.3 Å². The number of aryl methyl sites for hydroxylation is 1. The van der Waals surface area contributed by atoms with Crippen molar-refractivity contribution in [3.63, 3.8) is 0 Å². The minimum atomic E-state index is -3.76. The second-order valence-electron chi connectivity index (χ2n) is 4.72. The molecule has 0 unspecified atom stereocenters. The minimum absolute atomic E-state index is 0.0526. The molecule has 6 nitrogen and oxygen atoms in total. The molecule has 2 aromatic rings. The predicted octanol–water partition coefficient (Wildman–Crippen LogP) is 3.18. The van der Waals surface area contributed by atoms with Gasteiger partial charge >= 0.3 is 0 Å². The van der Waals surface area contributed by atoms with Crippen LogP contribution < -0.4 is 0 Å². The zero-order chi connectivity index (χ0) is 16.3. The summed E-state index contributed by atoms with van der Waals surface area (Å²) in [4.78, 5) is 11.3. The van der Waals surface area contributed by atoms with Gasteiger partial charge in [-0.1, -0.05) is 19.1 Å². The first-order valence-corrected chi connectivity index (χ1v) is 8.95. The second kappa shape index (κ2) is 6.55. The number of hydrogen-bond acceptors (Lipinski definition) is 5. The van der Waals surface area contributed by atoms with E-state index in [2.05, 4.69) is 0 Å². The smallest absolute Gasteiger partial charge is 0.258 e. The van der Waals surface area contributed by atoms with Crippen molar-refractivity contribution in [2.24, 2.45) is 0 Å². The Balaban J connectivity index is 2.40. The fraction of sp³-hybridized carbons (Fsp3) is 0.286. The van der Waals surface area contributed by atoms with E-state index in [1.54, 1.807) is 13.8 Å². The SMILES string of the molecule is CCN(Cc1cccs1)S(=O)(=O)c1ccc(C)c([N+](=O)[O-])c1. The normalized spacial score (nSPS) is 11.8. The summed E-state index contributed by atoms with van der Waals surface area (Å²) >= 11 is 1.47. The van der Waals surface area contributed by atoms with Crippen LogP contribution in [-0.2, 0) is 16.6 Å². The number of sulfonamides is 1. The number of benzene rings is 1. The van der Waals surface area contributed by atoms with Gasteiger partial charge in [-0.3, -0.25) is 10.1 Å². The van der Waals surface area contributed by atoms with E-state index in [0.29, 0.717) is 12.1 Å². The fourth-order valence-electron chi connectivity index (χ4n) is 2.04. The second-order valence-corrected chi connectivity index (χ2v) is 7.69. The Morgan fingerprint density at radius 1 is 1.32 bits per heavy atom. The summed E-state index contributed by atoms with van der Waals surface area (Å²) in [6.45, 7) is 3.88. The van der Waals surface area contributed by atoms with Gasteiger partial charge in [0.15, 0.2) is 0 Å². The minimum Gasteiger partial charge on any atom is -0.258 e. The summed E-state index contributed by atoms with van der Waals surface area (Å²) in [6, 6.07) is 7.72. The topological polar surface area (TPSA) is 80.5 Å². The maximum atomic E-state index is 12.7. The van der Waals surface area contributed by atoms with Crippen LogP contribution in [0.2, 0.25) is 0 Å². The molecule has 0 bridgehead atoms. The molecule has 0 aliphatic rings. The molecule has 0 atom stereocenters. The third-order valence-electron chi connectivity index (χ3n) is 3.28. The summed E-state index contributed by atoms with van der Waals surface area (Å²) < 4.78 is 26.7. The van der Waals surface area contributed by atoms with Gasteiger partial charge in [-0.05, 0) is 24.4 Å². The van der Waals surface area contributed by atoms with Crippen molar-refractivity contribution in [1.29, 1.82) is 0 Å². The molecule has 0 saturated heterocycles. The number of thiophene rings is 1. The van der Waals surface area contributed by atoms with Crippen LogP contribution in [0, 0.1) is 17.0 Å². The maximum Gasteiger partial charge on any atom is 0.273 e. The fourth-order valence-corrected chi connectivity index (χ4v) is 4.29. The molecule has 0 saturated carbocycles. The van der Waals surface area contributed by atoms with Crippen molar-refractivity contribution < 1.29 is 13.3 Å². The Labute approximate surface area is 133 Å². The highest BCUT2D eigenvalue weighted by atomic mass is 32.2. The Bertz CT molecular complexity index is 770. The molecule has 0 spiro atoms. The molecule has 118 valence electrons. The average Bonchev–Trinajstić information content (AvgIpc) is 2.97. The largest absolute Gasteiger partial charge is 0.273 e. The van der Waals surface area contributed by atoms with Gasteiger partial charge in [0.1, 0.15) is 0 Å². The number of nitrogens with zero attached hydrogens (tertiary/aromatic N) is 2. The highest BCUT2D eigenvalue weighted by Gasteiger charge is 2.26. The summed E-state index contributed by atoms with van der Waals surface area (Å²) in [5, 5.41) is 12.9. The lowest BCUT2D eigenvalue weighted by atomic mass is 10.2. The maximum absolute atomic E-state index is 12.7. The number of nitro groups is 1.